The Morgan fingerprint density at radius 2 is 1.76 bits per heavy atom. The predicted octanol–water partition coefficient (Wildman–Crippen LogP) is -0.511. The van der Waals surface area contributed by atoms with Crippen LogP contribution in [0.2, 0.25) is 0 Å². The van der Waals surface area contributed by atoms with Crippen molar-refractivity contribution in [3.8, 4) is 0 Å². The molecule has 2 fully saturated rings. The Balaban J connectivity index is 1.56. The van der Waals surface area contributed by atoms with Crippen LogP contribution >= 0.6 is 0 Å². The Morgan fingerprint density at radius 1 is 1.12 bits per heavy atom. The van der Waals surface area contributed by atoms with Crippen LogP contribution in [0.1, 0.15) is 12.8 Å². The zero-order chi connectivity index (χ0) is 18.0. The van der Waals surface area contributed by atoms with Gasteiger partial charge in [0.2, 0.25) is 10.0 Å². The van der Waals surface area contributed by atoms with Gasteiger partial charge >= 0.3 is 0 Å². The van der Waals surface area contributed by atoms with E-state index in [9.17, 15) is 13.2 Å². The lowest BCUT2D eigenvalue weighted by Gasteiger charge is -2.37. The fraction of sp³-hybridized carbons (Fsp3) is 0.562. The number of primary sulfonamides is 1. The Morgan fingerprint density at radius 3 is 2.28 bits per heavy atom. The molecule has 1 aromatic carbocycles. The summed E-state index contributed by atoms with van der Waals surface area (Å²) in [7, 11) is -3.68. The van der Waals surface area contributed by atoms with E-state index in [0.29, 0.717) is 32.7 Å². The highest BCUT2D eigenvalue weighted by molar-refractivity contribution is 7.89. The van der Waals surface area contributed by atoms with Gasteiger partial charge in [-0.05, 0) is 37.1 Å². The number of anilines is 1. The third-order valence-corrected chi connectivity index (χ3v) is 5.70. The molecule has 2 saturated heterocycles. The number of sulfonamides is 1. The maximum absolute atomic E-state index is 12.5. The molecule has 1 aromatic rings. The maximum Gasteiger partial charge on any atom is 0.251 e. The molecular weight excluding hydrogens is 344 g/mol. The number of hydrogen-bond donors (Lipinski definition) is 2. The van der Waals surface area contributed by atoms with Crippen LogP contribution in [-0.4, -0.2) is 64.2 Å². The summed E-state index contributed by atoms with van der Waals surface area (Å²) in [5.74, 6) is 0.0418. The van der Waals surface area contributed by atoms with E-state index in [0.717, 1.165) is 18.5 Å². The monoisotopic (exact) mass is 368 g/mol. The Kier molecular flexibility index (Phi) is 5.28. The highest BCUT2D eigenvalue weighted by Gasteiger charge is 2.34. The number of carbonyl (C=O) groups is 1. The first-order valence-corrected chi connectivity index (χ1v) is 9.95. The third kappa shape index (κ3) is 4.12. The molecule has 4 N–H and O–H groups in total. The van der Waals surface area contributed by atoms with Crippen LogP contribution in [0.5, 0.6) is 0 Å². The SMILES string of the molecule is NC[C@H]1CC[C@@H](C(=O)N2CCN(c3ccc(S(N)(=O)=O)cc3)CC2)O1. The van der Waals surface area contributed by atoms with Crippen molar-refractivity contribution in [3.63, 3.8) is 0 Å². The van der Waals surface area contributed by atoms with Gasteiger partial charge in [0.1, 0.15) is 6.10 Å². The fourth-order valence-corrected chi connectivity index (χ4v) is 3.81. The second-order valence-corrected chi connectivity index (χ2v) is 7.97. The molecule has 1 amide bonds. The van der Waals surface area contributed by atoms with Gasteiger partial charge in [-0.3, -0.25) is 4.79 Å². The molecule has 0 unspecified atom stereocenters. The topological polar surface area (TPSA) is 119 Å². The van der Waals surface area contributed by atoms with Gasteiger partial charge in [-0.15, -0.1) is 0 Å². The summed E-state index contributed by atoms with van der Waals surface area (Å²) in [5.41, 5.74) is 6.51. The lowest BCUT2D eigenvalue weighted by Crippen LogP contribution is -2.51. The van der Waals surface area contributed by atoms with Crippen molar-refractivity contribution >= 4 is 21.6 Å². The first-order valence-electron chi connectivity index (χ1n) is 8.40. The van der Waals surface area contributed by atoms with Crippen LogP contribution in [-0.2, 0) is 19.6 Å². The summed E-state index contributed by atoms with van der Waals surface area (Å²) in [4.78, 5) is 16.6. The van der Waals surface area contributed by atoms with Crippen molar-refractivity contribution in [2.24, 2.45) is 10.9 Å². The van der Waals surface area contributed by atoms with Crippen LogP contribution in [0.3, 0.4) is 0 Å². The van der Waals surface area contributed by atoms with Gasteiger partial charge in [0, 0.05) is 38.4 Å². The normalized spacial score (nSPS) is 24.6. The van der Waals surface area contributed by atoms with E-state index in [-0.39, 0.29) is 23.0 Å². The van der Waals surface area contributed by atoms with E-state index >= 15 is 0 Å². The Hall–Kier alpha value is -1.68. The molecule has 0 aliphatic carbocycles. The number of benzene rings is 1. The van der Waals surface area contributed by atoms with Crippen LogP contribution in [0.4, 0.5) is 5.69 Å². The quantitative estimate of drug-likeness (QED) is 0.739. The zero-order valence-electron chi connectivity index (χ0n) is 14.0. The first-order chi connectivity index (χ1) is 11.9. The van der Waals surface area contributed by atoms with E-state index in [1.54, 1.807) is 12.1 Å². The zero-order valence-corrected chi connectivity index (χ0v) is 14.8. The molecule has 0 radical (unpaired) electrons. The molecular formula is C16H24N4O4S. The Bertz CT molecular complexity index is 714. The minimum atomic E-state index is -3.68. The lowest BCUT2D eigenvalue weighted by molar-refractivity contribution is -0.143. The number of ether oxygens (including phenoxy) is 1. The highest BCUT2D eigenvalue weighted by atomic mass is 32.2. The van der Waals surface area contributed by atoms with Crippen molar-refractivity contribution in [2.45, 2.75) is 29.9 Å². The first kappa shape index (κ1) is 18.1. The number of nitrogens with zero attached hydrogens (tertiary/aromatic N) is 2. The molecule has 2 heterocycles. The molecule has 0 spiro atoms. The van der Waals surface area contributed by atoms with E-state index in [1.165, 1.54) is 12.1 Å². The van der Waals surface area contributed by atoms with E-state index in [4.69, 9.17) is 15.6 Å². The summed E-state index contributed by atoms with van der Waals surface area (Å²) in [6.45, 7) is 3.05. The molecule has 0 saturated carbocycles. The summed E-state index contributed by atoms with van der Waals surface area (Å²) in [6.07, 6.45) is 1.20. The average molecular weight is 368 g/mol. The molecule has 2 atom stereocenters. The van der Waals surface area contributed by atoms with Crippen LogP contribution in [0.25, 0.3) is 0 Å². The van der Waals surface area contributed by atoms with Crippen molar-refractivity contribution in [2.75, 3.05) is 37.6 Å². The van der Waals surface area contributed by atoms with Gasteiger partial charge in [-0.1, -0.05) is 0 Å². The van der Waals surface area contributed by atoms with E-state index in [2.05, 4.69) is 4.90 Å². The van der Waals surface area contributed by atoms with Crippen LogP contribution < -0.4 is 15.8 Å². The van der Waals surface area contributed by atoms with Gasteiger partial charge in [0.05, 0.1) is 11.0 Å². The van der Waals surface area contributed by atoms with Crippen molar-refractivity contribution < 1.29 is 17.9 Å². The number of hydrogen-bond acceptors (Lipinski definition) is 6. The molecule has 8 nitrogen and oxygen atoms in total. The number of rotatable bonds is 4. The molecule has 2 aliphatic rings. The largest absolute Gasteiger partial charge is 0.368 e. The van der Waals surface area contributed by atoms with Gasteiger partial charge in [0.15, 0.2) is 0 Å². The number of nitrogens with two attached hydrogens (primary N) is 2. The molecule has 25 heavy (non-hydrogen) atoms. The van der Waals surface area contributed by atoms with Crippen molar-refractivity contribution in [1.82, 2.24) is 4.90 Å². The van der Waals surface area contributed by atoms with Crippen molar-refractivity contribution in [1.29, 1.82) is 0 Å². The summed E-state index contributed by atoms with van der Waals surface area (Å²) in [6, 6.07) is 6.48. The summed E-state index contributed by atoms with van der Waals surface area (Å²) >= 11 is 0. The summed E-state index contributed by atoms with van der Waals surface area (Å²) < 4.78 is 28.3. The van der Waals surface area contributed by atoms with Crippen LogP contribution in [0, 0.1) is 0 Å². The maximum atomic E-state index is 12.5. The highest BCUT2D eigenvalue weighted by Crippen LogP contribution is 2.23. The smallest absolute Gasteiger partial charge is 0.251 e. The number of piperazine rings is 1. The average Bonchev–Trinajstić information content (AvgIpc) is 3.10. The van der Waals surface area contributed by atoms with Crippen molar-refractivity contribution in [3.05, 3.63) is 24.3 Å². The minimum Gasteiger partial charge on any atom is -0.368 e. The molecule has 2 aliphatic heterocycles. The van der Waals surface area contributed by atoms with Gasteiger partial charge in [-0.2, -0.15) is 0 Å². The Labute approximate surface area is 147 Å². The standard InChI is InChI=1S/C16H24N4O4S/c17-11-13-3-6-15(24-13)16(21)20-9-7-19(8-10-20)12-1-4-14(5-2-12)25(18,22)23/h1-2,4-5,13,15H,3,6-11,17H2,(H2,18,22,23)/t13-,15+/m1/s1. The number of amides is 1. The molecule has 0 bridgehead atoms. The molecule has 9 heteroatoms. The molecule has 0 aromatic heterocycles. The van der Waals surface area contributed by atoms with E-state index < -0.39 is 10.0 Å². The molecule has 3 rings (SSSR count). The van der Waals surface area contributed by atoms with Gasteiger partial charge in [-0.25, -0.2) is 13.6 Å². The fourth-order valence-electron chi connectivity index (χ4n) is 3.30. The van der Waals surface area contributed by atoms with Gasteiger partial charge < -0.3 is 20.3 Å². The third-order valence-electron chi connectivity index (χ3n) is 4.77. The lowest BCUT2D eigenvalue weighted by atomic mass is 10.1. The van der Waals surface area contributed by atoms with Crippen LogP contribution in [0.15, 0.2) is 29.2 Å². The second-order valence-electron chi connectivity index (χ2n) is 6.41. The predicted molar refractivity (Wildman–Crippen MR) is 93.6 cm³/mol. The summed E-state index contributed by atoms with van der Waals surface area (Å²) in [5, 5.41) is 5.11. The second kappa shape index (κ2) is 7.28. The number of carbonyl (C=O) groups excluding carboxylic acids is 1. The van der Waals surface area contributed by atoms with Gasteiger partial charge in [0.25, 0.3) is 5.91 Å². The molecule has 138 valence electrons. The minimum absolute atomic E-state index is 0.00687. The van der Waals surface area contributed by atoms with E-state index in [1.807, 2.05) is 4.90 Å².